The molecule has 8 heteroatoms. The number of ketones is 1. The van der Waals surface area contributed by atoms with Crippen LogP contribution in [0.4, 0.5) is 8.78 Å². The molecule has 0 radical (unpaired) electrons. The van der Waals surface area contributed by atoms with E-state index < -0.39 is 26.5 Å². The lowest BCUT2D eigenvalue weighted by atomic mass is 9.77. The summed E-state index contributed by atoms with van der Waals surface area (Å²) in [7, 11) is -2.51. The number of hydrogen-bond donors (Lipinski definition) is 0. The Labute approximate surface area is 191 Å². The minimum Gasteiger partial charge on any atom is -0.297 e. The lowest BCUT2D eigenvalue weighted by Crippen LogP contribution is -2.44. The first-order chi connectivity index (χ1) is 15.2. The van der Waals surface area contributed by atoms with E-state index in [-0.39, 0.29) is 22.5 Å². The summed E-state index contributed by atoms with van der Waals surface area (Å²) in [6.45, 7) is 2.88. The molecule has 0 amide bonds. The van der Waals surface area contributed by atoms with Crippen molar-refractivity contribution in [2.45, 2.75) is 55.2 Å². The Morgan fingerprint density at radius 3 is 2.25 bits per heavy atom. The van der Waals surface area contributed by atoms with E-state index in [1.54, 1.807) is 24.3 Å². The molecule has 4 nitrogen and oxygen atoms in total. The first-order valence-electron chi connectivity index (χ1n) is 11.0. The molecule has 4 rings (SSSR count). The van der Waals surface area contributed by atoms with Crippen LogP contribution >= 0.6 is 10.8 Å². The maximum absolute atomic E-state index is 14.6. The van der Waals surface area contributed by atoms with Crippen molar-refractivity contribution in [3.63, 3.8) is 0 Å². The third kappa shape index (κ3) is 5.07. The lowest BCUT2D eigenvalue weighted by molar-refractivity contribution is -0.131. The van der Waals surface area contributed by atoms with Crippen molar-refractivity contribution in [3.8, 4) is 0 Å². The molecule has 1 atom stereocenters. The van der Waals surface area contributed by atoms with Gasteiger partial charge in [0, 0.05) is 35.9 Å². The fraction of sp³-hybridized carbons (Fsp3) is 0.458. The number of nitrogens with zero attached hydrogens (tertiary/aromatic N) is 1. The quantitative estimate of drug-likeness (QED) is 0.507. The maximum Gasteiger partial charge on any atom is 0.230 e. The molecule has 2 aromatic carbocycles. The molecule has 2 fully saturated rings. The summed E-state index contributed by atoms with van der Waals surface area (Å²) in [5.74, 6) is -1.47. The van der Waals surface area contributed by atoms with E-state index in [9.17, 15) is 22.0 Å². The normalized spacial score (nSPS) is 19.5. The molecule has 1 aliphatic carbocycles. The second-order valence-electron chi connectivity index (χ2n) is 8.70. The Morgan fingerprint density at radius 1 is 1.03 bits per heavy atom. The van der Waals surface area contributed by atoms with Gasteiger partial charge < -0.3 is 0 Å². The third-order valence-electron chi connectivity index (χ3n) is 6.45. The standard InChI is InChI=1S/C24H27F2NO3S2/c1-16-5-8-20(9-6-16)32(29,30)31-19-11-13-27(14-12-19)23(24(28)17-3-2-4-17)21-10-7-18(25)15-22(21)26/h5-10,15,17,19,23H,2-4,11-14H2,1H3. The van der Waals surface area contributed by atoms with Gasteiger partial charge in [0.05, 0.1) is 10.9 Å². The fourth-order valence-electron chi connectivity index (χ4n) is 4.34. The highest BCUT2D eigenvalue weighted by atomic mass is 33.1. The van der Waals surface area contributed by atoms with Crippen LogP contribution in [0.25, 0.3) is 0 Å². The zero-order valence-electron chi connectivity index (χ0n) is 18.0. The molecule has 1 aliphatic heterocycles. The molecule has 0 spiro atoms. The number of piperidine rings is 1. The Kier molecular flexibility index (Phi) is 7.03. The van der Waals surface area contributed by atoms with Gasteiger partial charge in [0.25, 0.3) is 0 Å². The number of aryl methyl sites for hydroxylation is 1. The Hall–Kier alpha value is -1.77. The van der Waals surface area contributed by atoms with E-state index in [0.717, 1.165) is 41.7 Å². The summed E-state index contributed by atoms with van der Waals surface area (Å²) in [5.41, 5.74) is 1.21. The van der Waals surface area contributed by atoms with E-state index in [1.807, 2.05) is 11.8 Å². The highest BCUT2D eigenvalue weighted by Crippen LogP contribution is 2.39. The smallest absolute Gasteiger partial charge is 0.230 e. The molecule has 32 heavy (non-hydrogen) atoms. The molecule has 1 saturated heterocycles. The van der Waals surface area contributed by atoms with Crippen LogP contribution in [0, 0.1) is 24.5 Å². The minimum atomic E-state index is -3.47. The largest absolute Gasteiger partial charge is 0.297 e. The van der Waals surface area contributed by atoms with Gasteiger partial charge in [-0.05, 0) is 61.6 Å². The Balaban J connectivity index is 1.47. The average molecular weight is 480 g/mol. The van der Waals surface area contributed by atoms with Crippen molar-refractivity contribution in [3.05, 3.63) is 65.2 Å². The van der Waals surface area contributed by atoms with Gasteiger partial charge in [-0.15, -0.1) is 0 Å². The molecular formula is C24H27F2NO3S2. The van der Waals surface area contributed by atoms with Crippen LogP contribution in [0.15, 0.2) is 47.4 Å². The van der Waals surface area contributed by atoms with Crippen LogP contribution in [-0.4, -0.2) is 37.4 Å². The van der Waals surface area contributed by atoms with Crippen molar-refractivity contribution < 1.29 is 22.0 Å². The fourth-order valence-corrected chi connectivity index (χ4v) is 8.00. The van der Waals surface area contributed by atoms with Gasteiger partial charge in [-0.1, -0.05) is 30.2 Å². The number of hydrogen-bond acceptors (Lipinski definition) is 5. The van der Waals surface area contributed by atoms with Crippen LogP contribution in [0.1, 0.15) is 49.3 Å². The van der Waals surface area contributed by atoms with E-state index in [4.69, 9.17) is 0 Å². The first kappa shape index (κ1) is 23.4. The SMILES string of the molecule is Cc1ccc(S(=O)(=O)SC2CCN(C(C(=O)C3CCC3)c3ccc(F)cc3F)CC2)cc1. The van der Waals surface area contributed by atoms with E-state index in [0.29, 0.717) is 30.8 Å². The second kappa shape index (κ2) is 9.61. The van der Waals surface area contributed by atoms with Crippen LogP contribution in [0.2, 0.25) is 0 Å². The molecule has 2 aromatic rings. The van der Waals surface area contributed by atoms with Gasteiger partial charge in [0.1, 0.15) is 11.6 Å². The summed E-state index contributed by atoms with van der Waals surface area (Å²) in [5, 5.41) is -0.102. The van der Waals surface area contributed by atoms with Crippen molar-refractivity contribution in [2.24, 2.45) is 5.92 Å². The number of rotatable bonds is 7. The average Bonchev–Trinajstić information content (AvgIpc) is 2.70. The van der Waals surface area contributed by atoms with E-state index in [2.05, 4.69) is 0 Å². The predicted molar refractivity (Wildman–Crippen MR) is 122 cm³/mol. The zero-order chi connectivity index (χ0) is 22.9. The van der Waals surface area contributed by atoms with Gasteiger partial charge >= 0.3 is 0 Å². The number of carbonyl (C=O) groups excluding carboxylic acids is 1. The van der Waals surface area contributed by atoms with Gasteiger partial charge in [-0.25, -0.2) is 17.2 Å². The maximum atomic E-state index is 14.6. The topological polar surface area (TPSA) is 54.5 Å². The third-order valence-corrected chi connectivity index (χ3v) is 10.4. The summed E-state index contributed by atoms with van der Waals surface area (Å²) >= 11 is 0. The van der Waals surface area contributed by atoms with Crippen LogP contribution < -0.4 is 0 Å². The number of carbonyl (C=O) groups is 1. The van der Waals surface area contributed by atoms with E-state index in [1.165, 1.54) is 12.1 Å². The summed E-state index contributed by atoms with van der Waals surface area (Å²) in [4.78, 5) is 15.4. The Morgan fingerprint density at radius 2 is 1.69 bits per heavy atom. The molecule has 172 valence electrons. The van der Waals surface area contributed by atoms with Gasteiger partial charge in [0.15, 0.2) is 5.78 Å². The highest BCUT2D eigenvalue weighted by molar-refractivity contribution is 8.72. The second-order valence-corrected chi connectivity index (χ2v) is 12.8. The molecular weight excluding hydrogens is 452 g/mol. The van der Waals surface area contributed by atoms with Gasteiger partial charge in [-0.2, -0.15) is 0 Å². The molecule has 0 bridgehead atoms. The Bertz CT molecular complexity index is 1080. The van der Waals surface area contributed by atoms with E-state index >= 15 is 0 Å². The van der Waals surface area contributed by atoms with Crippen molar-refractivity contribution in [1.29, 1.82) is 0 Å². The van der Waals surface area contributed by atoms with Gasteiger partial charge in [0.2, 0.25) is 8.87 Å². The van der Waals surface area contributed by atoms with Crippen LogP contribution in [0.3, 0.4) is 0 Å². The number of likely N-dealkylation sites (tertiary alicyclic amines) is 1. The predicted octanol–water partition coefficient (Wildman–Crippen LogP) is 5.27. The van der Waals surface area contributed by atoms with Crippen molar-refractivity contribution in [1.82, 2.24) is 4.90 Å². The first-order valence-corrected chi connectivity index (χ1v) is 13.9. The monoisotopic (exact) mass is 479 g/mol. The zero-order valence-corrected chi connectivity index (χ0v) is 19.6. The molecule has 1 unspecified atom stereocenters. The molecule has 1 saturated carbocycles. The molecule has 0 aromatic heterocycles. The highest BCUT2D eigenvalue weighted by Gasteiger charge is 2.39. The summed E-state index contributed by atoms with van der Waals surface area (Å²) in [6.07, 6.45) is 3.75. The molecule has 1 heterocycles. The molecule has 2 aliphatic rings. The number of halogens is 2. The summed E-state index contributed by atoms with van der Waals surface area (Å²) in [6, 6.07) is 9.45. The van der Waals surface area contributed by atoms with Crippen molar-refractivity contribution in [2.75, 3.05) is 13.1 Å². The van der Waals surface area contributed by atoms with Crippen LogP contribution in [0.5, 0.6) is 0 Å². The minimum absolute atomic E-state index is 0.0138. The molecule has 0 N–H and O–H groups in total. The number of Topliss-reactive ketones (excluding diaryl/α,β-unsaturated/α-hetero) is 1. The van der Waals surface area contributed by atoms with Crippen LogP contribution in [-0.2, 0) is 13.7 Å². The van der Waals surface area contributed by atoms with Gasteiger partial charge in [-0.3, -0.25) is 9.69 Å². The number of benzene rings is 2. The summed E-state index contributed by atoms with van der Waals surface area (Å²) < 4.78 is 53.6. The van der Waals surface area contributed by atoms with Crippen molar-refractivity contribution >= 4 is 25.4 Å². The lowest BCUT2D eigenvalue weighted by Gasteiger charge is -2.39.